The lowest BCUT2D eigenvalue weighted by molar-refractivity contribution is -0.669. The molecule has 112 valence electrons. The molecule has 0 radical (unpaired) electrons. The molecule has 1 nitrogen and oxygen atoms in total. The Kier molecular flexibility index (Phi) is 5.98. The Hall–Kier alpha value is -1.39. The molecule has 0 aliphatic heterocycles. The average molecular weight is 423 g/mol. The number of rotatable bonds is 3. The van der Waals surface area contributed by atoms with Crippen molar-refractivity contribution in [2.75, 3.05) is 0 Å². The summed E-state index contributed by atoms with van der Waals surface area (Å²) in [6.07, 6.45) is 4.27. The molecule has 3 heteroatoms. The van der Waals surface area contributed by atoms with E-state index in [1.165, 1.54) is 16.6 Å². The van der Waals surface area contributed by atoms with Crippen molar-refractivity contribution in [3.05, 3.63) is 76.9 Å². The van der Waals surface area contributed by atoms with E-state index in [0.717, 1.165) is 17.1 Å². The fourth-order valence-electron chi connectivity index (χ4n) is 2.53. The van der Waals surface area contributed by atoms with Crippen LogP contribution in [0.4, 0.5) is 0 Å². The van der Waals surface area contributed by atoms with Crippen molar-refractivity contribution in [3.63, 3.8) is 0 Å². The number of fused-ring (bicyclic) bond motifs is 1. The Balaban J connectivity index is 0.00000176. The largest absolute Gasteiger partial charge is 0.212 e. The minimum absolute atomic E-state index is 0. The number of hydrogen-bond acceptors (Lipinski definition) is 0. The van der Waals surface area contributed by atoms with E-state index < -0.39 is 0 Å². The SMILES string of the molecule is CC[n+]1c(/C=C/c2ccc(Cl)cc2)ccc2ccccc21.I. The lowest BCUT2D eigenvalue weighted by atomic mass is 10.1. The second kappa shape index (κ2) is 7.75. The quantitative estimate of drug-likeness (QED) is 0.383. The molecule has 0 fully saturated rings. The minimum Gasteiger partial charge on any atom is -0.192 e. The highest BCUT2D eigenvalue weighted by atomic mass is 127. The first-order chi connectivity index (χ1) is 10.3. The van der Waals surface area contributed by atoms with Crippen molar-refractivity contribution in [1.29, 1.82) is 0 Å². The van der Waals surface area contributed by atoms with Crippen LogP contribution in [0.3, 0.4) is 0 Å². The summed E-state index contributed by atoms with van der Waals surface area (Å²) in [5.74, 6) is 0. The zero-order valence-corrected chi connectivity index (χ0v) is 15.5. The van der Waals surface area contributed by atoms with Crippen LogP contribution in [-0.4, -0.2) is 0 Å². The maximum Gasteiger partial charge on any atom is 0.212 e. The third-order valence-electron chi connectivity index (χ3n) is 3.61. The Morgan fingerprint density at radius 2 is 1.64 bits per heavy atom. The molecule has 0 aliphatic carbocycles. The lowest BCUT2D eigenvalue weighted by Crippen LogP contribution is -2.36. The van der Waals surface area contributed by atoms with Crippen LogP contribution in [0.5, 0.6) is 0 Å². The van der Waals surface area contributed by atoms with Crippen LogP contribution in [0.15, 0.2) is 60.7 Å². The number of halogens is 2. The van der Waals surface area contributed by atoms with E-state index >= 15 is 0 Å². The Bertz CT molecular complexity index is 794. The molecule has 22 heavy (non-hydrogen) atoms. The molecule has 0 amide bonds. The van der Waals surface area contributed by atoms with Crippen molar-refractivity contribution in [2.24, 2.45) is 0 Å². The number of benzene rings is 2. The van der Waals surface area contributed by atoms with Gasteiger partial charge in [-0.05, 0) is 42.8 Å². The lowest BCUT2D eigenvalue weighted by Gasteiger charge is -2.02. The predicted molar refractivity (Wildman–Crippen MR) is 106 cm³/mol. The summed E-state index contributed by atoms with van der Waals surface area (Å²) in [7, 11) is 0. The van der Waals surface area contributed by atoms with Crippen molar-refractivity contribution < 1.29 is 4.57 Å². The Morgan fingerprint density at radius 1 is 0.909 bits per heavy atom. The molecule has 0 atom stereocenters. The summed E-state index contributed by atoms with van der Waals surface area (Å²) in [4.78, 5) is 0. The fourth-order valence-corrected chi connectivity index (χ4v) is 2.66. The molecule has 0 N–H and O–H groups in total. The number of para-hydroxylation sites is 1. The molecule has 1 aromatic heterocycles. The highest BCUT2D eigenvalue weighted by Crippen LogP contribution is 2.14. The van der Waals surface area contributed by atoms with Gasteiger partial charge in [0, 0.05) is 28.6 Å². The fraction of sp³-hybridized carbons (Fsp3) is 0.105. The highest BCUT2D eigenvalue weighted by Gasteiger charge is 2.10. The first kappa shape index (κ1) is 17.0. The Morgan fingerprint density at radius 3 is 2.36 bits per heavy atom. The van der Waals surface area contributed by atoms with Crippen LogP contribution in [0.2, 0.25) is 5.02 Å². The zero-order chi connectivity index (χ0) is 14.7. The summed E-state index contributed by atoms with van der Waals surface area (Å²) in [5.41, 5.74) is 3.61. The molecule has 0 aliphatic rings. The van der Waals surface area contributed by atoms with Crippen molar-refractivity contribution in [3.8, 4) is 0 Å². The molecule has 0 unspecified atom stereocenters. The first-order valence-electron chi connectivity index (χ1n) is 7.13. The molecule has 0 saturated carbocycles. The smallest absolute Gasteiger partial charge is 0.192 e. The second-order valence-electron chi connectivity index (χ2n) is 4.95. The van der Waals surface area contributed by atoms with Gasteiger partial charge in [-0.1, -0.05) is 35.9 Å². The van der Waals surface area contributed by atoms with Gasteiger partial charge in [0.2, 0.25) is 11.2 Å². The molecule has 0 bridgehead atoms. The van der Waals surface area contributed by atoms with Gasteiger partial charge in [-0.25, -0.2) is 0 Å². The van der Waals surface area contributed by atoms with Crippen molar-refractivity contribution in [2.45, 2.75) is 13.5 Å². The molecule has 2 aromatic carbocycles. The maximum atomic E-state index is 5.91. The molecular weight excluding hydrogens is 405 g/mol. The minimum atomic E-state index is 0. The first-order valence-corrected chi connectivity index (χ1v) is 7.51. The van der Waals surface area contributed by atoms with Gasteiger partial charge in [0.15, 0.2) is 0 Å². The van der Waals surface area contributed by atoms with E-state index in [-0.39, 0.29) is 24.0 Å². The Labute approximate surface area is 153 Å². The monoisotopic (exact) mass is 422 g/mol. The van der Waals surface area contributed by atoms with E-state index in [9.17, 15) is 0 Å². The van der Waals surface area contributed by atoms with Crippen LogP contribution in [0.25, 0.3) is 23.1 Å². The van der Waals surface area contributed by atoms with Crippen LogP contribution in [-0.2, 0) is 6.54 Å². The third-order valence-corrected chi connectivity index (χ3v) is 3.86. The van der Waals surface area contributed by atoms with Crippen LogP contribution < -0.4 is 4.57 Å². The average Bonchev–Trinajstić information content (AvgIpc) is 2.53. The zero-order valence-electron chi connectivity index (χ0n) is 12.4. The molecule has 0 saturated heterocycles. The maximum absolute atomic E-state index is 5.91. The number of nitrogens with zero attached hydrogens (tertiary/aromatic N) is 1. The predicted octanol–water partition coefficient (Wildman–Crippen LogP) is 5.59. The van der Waals surface area contributed by atoms with Crippen molar-refractivity contribution in [1.82, 2.24) is 0 Å². The van der Waals surface area contributed by atoms with Gasteiger partial charge < -0.3 is 0 Å². The summed E-state index contributed by atoms with van der Waals surface area (Å²) in [5, 5.41) is 2.03. The number of hydrogen-bond donors (Lipinski definition) is 0. The van der Waals surface area contributed by atoms with Gasteiger partial charge in [0.05, 0.1) is 0 Å². The highest BCUT2D eigenvalue weighted by molar-refractivity contribution is 14.0. The van der Waals surface area contributed by atoms with Gasteiger partial charge in [-0.2, -0.15) is 4.57 Å². The van der Waals surface area contributed by atoms with Crippen molar-refractivity contribution >= 4 is 58.6 Å². The van der Waals surface area contributed by atoms with E-state index in [1.807, 2.05) is 24.3 Å². The topological polar surface area (TPSA) is 3.88 Å². The standard InChI is InChI=1S/C19H17ClN.HI/c1-2-21-18(13-9-15-7-11-17(20)12-8-15)14-10-16-5-3-4-6-19(16)21;/h3-14H,2H2,1H3;1H/q+1;/b13-9+;. The molecular formula is C19H18ClIN+. The van der Waals surface area contributed by atoms with Crippen LogP contribution in [0, 0.1) is 0 Å². The summed E-state index contributed by atoms with van der Waals surface area (Å²) >= 11 is 5.91. The third kappa shape index (κ3) is 3.68. The molecule has 1 heterocycles. The summed E-state index contributed by atoms with van der Waals surface area (Å²) in [6.45, 7) is 3.12. The summed E-state index contributed by atoms with van der Waals surface area (Å²) in [6, 6.07) is 20.7. The van der Waals surface area contributed by atoms with E-state index in [2.05, 4.69) is 60.0 Å². The van der Waals surface area contributed by atoms with E-state index in [1.54, 1.807) is 0 Å². The normalized spacial score (nSPS) is 10.8. The van der Waals surface area contributed by atoms with E-state index in [0.29, 0.717) is 0 Å². The van der Waals surface area contributed by atoms with Gasteiger partial charge in [0.1, 0.15) is 6.54 Å². The van der Waals surface area contributed by atoms with Crippen LogP contribution >= 0.6 is 35.6 Å². The second-order valence-corrected chi connectivity index (χ2v) is 5.38. The van der Waals surface area contributed by atoms with Gasteiger partial charge in [0.25, 0.3) is 0 Å². The number of aromatic nitrogens is 1. The van der Waals surface area contributed by atoms with Gasteiger partial charge in [-0.15, -0.1) is 24.0 Å². The number of aryl methyl sites for hydroxylation is 1. The van der Waals surface area contributed by atoms with E-state index in [4.69, 9.17) is 11.6 Å². The number of pyridine rings is 1. The molecule has 3 rings (SSSR count). The van der Waals surface area contributed by atoms with Gasteiger partial charge >= 0.3 is 0 Å². The molecule has 0 spiro atoms. The van der Waals surface area contributed by atoms with Gasteiger partial charge in [-0.3, -0.25) is 0 Å². The van der Waals surface area contributed by atoms with Crippen LogP contribution in [0.1, 0.15) is 18.2 Å². The summed E-state index contributed by atoms with van der Waals surface area (Å²) < 4.78 is 2.32. The molecule has 3 aromatic rings.